The average molecular weight is 333 g/mol. The third kappa shape index (κ3) is 4.00. The van der Waals surface area contributed by atoms with Crippen molar-refractivity contribution < 1.29 is 4.79 Å². The van der Waals surface area contributed by atoms with E-state index in [0.29, 0.717) is 12.0 Å². The molecule has 0 saturated carbocycles. The number of nitrogens with zero attached hydrogens (tertiary/aromatic N) is 3. The minimum Gasteiger partial charge on any atom is -0.369 e. The highest BCUT2D eigenvalue weighted by molar-refractivity contribution is 5.94. The van der Waals surface area contributed by atoms with Gasteiger partial charge in [0.1, 0.15) is 0 Å². The summed E-state index contributed by atoms with van der Waals surface area (Å²) in [7, 11) is 1.89. The molecule has 1 amide bonds. The van der Waals surface area contributed by atoms with Crippen LogP contribution in [0, 0.1) is 11.3 Å². The molecule has 1 aliphatic rings. The normalized spacial score (nSPS) is 17.0. The largest absolute Gasteiger partial charge is 0.369 e. The molecule has 0 bridgehead atoms. The second-order valence-corrected chi connectivity index (χ2v) is 6.53. The zero-order valence-corrected chi connectivity index (χ0v) is 14.6. The fourth-order valence-electron chi connectivity index (χ4n) is 3.42. The van der Waals surface area contributed by atoms with Crippen molar-refractivity contribution in [3.8, 4) is 6.07 Å². The molecule has 0 aliphatic carbocycles. The number of carbonyl (C=O) groups is 1. The van der Waals surface area contributed by atoms with E-state index in [1.165, 1.54) is 5.69 Å². The van der Waals surface area contributed by atoms with E-state index < -0.39 is 0 Å². The number of para-hydroxylation sites is 1. The molecule has 0 spiro atoms. The summed E-state index contributed by atoms with van der Waals surface area (Å²) in [5.41, 5.74) is 2.76. The fraction of sp³-hybridized carbons (Fsp3) is 0.333. The summed E-state index contributed by atoms with van der Waals surface area (Å²) in [5, 5.41) is 8.85. The molecule has 2 aromatic rings. The summed E-state index contributed by atoms with van der Waals surface area (Å²) in [6, 6.07) is 20.1. The van der Waals surface area contributed by atoms with Gasteiger partial charge in [0, 0.05) is 37.4 Å². The van der Waals surface area contributed by atoms with Gasteiger partial charge in [-0.2, -0.15) is 5.26 Å². The van der Waals surface area contributed by atoms with Gasteiger partial charge in [-0.3, -0.25) is 4.79 Å². The smallest absolute Gasteiger partial charge is 0.253 e. The van der Waals surface area contributed by atoms with Gasteiger partial charge in [0.15, 0.2) is 0 Å². The quantitative estimate of drug-likeness (QED) is 0.860. The number of benzene rings is 2. The fourth-order valence-corrected chi connectivity index (χ4v) is 3.42. The van der Waals surface area contributed by atoms with E-state index in [2.05, 4.69) is 35.2 Å². The number of hydrogen-bond acceptors (Lipinski definition) is 3. The zero-order chi connectivity index (χ0) is 17.6. The van der Waals surface area contributed by atoms with Crippen molar-refractivity contribution >= 4 is 11.6 Å². The van der Waals surface area contributed by atoms with Crippen molar-refractivity contribution in [3.05, 3.63) is 65.7 Å². The first kappa shape index (κ1) is 17.0. The molecular formula is C21H23N3O. The van der Waals surface area contributed by atoms with Gasteiger partial charge in [0.25, 0.3) is 5.91 Å². The summed E-state index contributed by atoms with van der Waals surface area (Å²) in [6.45, 7) is 1.88. The highest BCUT2D eigenvalue weighted by Gasteiger charge is 2.26. The van der Waals surface area contributed by atoms with Gasteiger partial charge in [-0.25, -0.2) is 0 Å². The van der Waals surface area contributed by atoms with E-state index in [0.717, 1.165) is 31.5 Å². The maximum Gasteiger partial charge on any atom is 0.253 e. The zero-order valence-electron chi connectivity index (χ0n) is 14.6. The van der Waals surface area contributed by atoms with Crippen molar-refractivity contribution in [2.45, 2.75) is 25.3 Å². The van der Waals surface area contributed by atoms with Crippen molar-refractivity contribution in [2.24, 2.45) is 0 Å². The Morgan fingerprint density at radius 2 is 2.04 bits per heavy atom. The molecule has 1 saturated heterocycles. The van der Waals surface area contributed by atoms with Crippen molar-refractivity contribution in [1.82, 2.24) is 4.90 Å². The van der Waals surface area contributed by atoms with Crippen molar-refractivity contribution in [1.29, 1.82) is 5.26 Å². The minimum absolute atomic E-state index is 0.0275. The number of carbonyl (C=O) groups excluding carboxylic acids is 1. The molecule has 2 aromatic carbocycles. The third-order valence-electron chi connectivity index (χ3n) is 4.84. The molecule has 1 heterocycles. The Hall–Kier alpha value is -2.80. The van der Waals surface area contributed by atoms with E-state index in [9.17, 15) is 4.79 Å². The summed E-state index contributed by atoms with van der Waals surface area (Å²) in [6.07, 6.45) is 2.42. The third-order valence-corrected chi connectivity index (χ3v) is 4.84. The van der Waals surface area contributed by atoms with Gasteiger partial charge >= 0.3 is 0 Å². The summed E-state index contributed by atoms with van der Waals surface area (Å²) in [5.74, 6) is 0.0275. The highest BCUT2D eigenvalue weighted by Crippen LogP contribution is 2.22. The van der Waals surface area contributed by atoms with Crippen LogP contribution in [-0.2, 0) is 6.42 Å². The van der Waals surface area contributed by atoms with Gasteiger partial charge < -0.3 is 9.80 Å². The van der Waals surface area contributed by atoms with Crippen LogP contribution in [-0.4, -0.2) is 37.0 Å². The molecule has 0 unspecified atom stereocenters. The van der Waals surface area contributed by atoms with Crippen molar-refractivity contribution in [2.75, 3.05) is 25.0 Å². The maximum atomic E-state index is 12.9. The molecule has 0 aromatic heterocycles. The number of anilines is 1. The van der Waals surface area contributed by atoms with Crippen LogP contribution in [0.4, 0.5) is 5.69 Å². The number of piperidine rings is 1. The van der Waals surface area contributed by atoms with Gasteiger partial charge in [-0.15, -0.1) is 0 Å². The topological polar surface area (TPSA) is 47.3 Å². The lowest BCUT2D eigenvalue weighted by molar-refractivity contribution is 0.0717. The number of amides is 1. The van der Waals surface area contributed by atoms with E-state index in [1.807, 2.05) is 42.3 Å². The predicted molar refractivity (Wildman–Crippen MR) is 99.5 cm³/mol. The van der Waals surface area contributed by atoms with Crippen LogP contribution in [0.5, 0.6) is 0 Å². The standard InChI is InChI=1S/C21H23N3O/c1-23(21(25)18-8-5-7-17(15-18)12-13-22)20-11-6-14-24(16-20)19-9-3-2-4-10-19/h2-5,7-10,15,20H,6,11-12,14,16H2,1H3/t20-/m1/s1. The molecule has 1 fully saturated rings. The molecule has 0 radical (unpaired) electrons. The van der Waals surface area contributed by atoms with Gasteiger partial charge in [-0.05, 0) is 42.7 Å². The van der Waals surface area contributed by atoms with E-state index in [-0.39, 0.29) is 11.9 Å². The highest BCUT2D eigenvalue weighted by atomic mass is 16.2. The lowest BCUT2D eigenvalue weighted by Crippen LogP contribution is -2.48. The van der Waals surface area contributed by atoms with Crippen LogP contribution in [0.2, 0.25) is 0 Å². The average Bonchev–Trinajstić information content (AvgIpc) is 2.68. The monoisotopic (exact) mass is 333 g/mol. The van der Waals surface area contributed by atoms with Crippen molar-refractivity contribution in [3.63, 3.8) is 0 Å². The lowest BCUT2D eigenvalue weighted by atomic mass is 10.0. The first-order valence-electron chi connectivity index (χ1n) is 8.72. The number of nitriles is 1. The first-order valence-corrected chi connectivity index (χ1v) is 8.72. The number of likely N-dealkylation sites (N-methyl/N-ethyl adjacent to an activating group) is 1. The van der Waals surface area contributed by atoms with E-state index in [4.69, 9.17) is 5.26 Å². The second-order valence-electron chi connectivity index (χ2n) is 6.53. The molecule has 128 valence electrons. The molecule has 4 heteroatoms. The molecule has 3 rings (SSSR count). The molecule has 1 atom stereocenters. The van der Waals surface area contributed by atoms with E-state index in [1.54, 1.807) is 0 Å². The Bertz CT molecular complexity index is 766. The van der Waals surface area contributed by atoms with Gasteiger partial charge in [0.2, 0.25) is 0 Å². The Balaban J connectivity index is 1.71. The van der Waals surface area contributed by atoms with Crippen LogP contribution in [0.25, 0.3) is 0 Å². The van der Waals surface area contributed by atoms with Crippen LogP contribution < -0.4 is 4.90 Å². The van der Waals surface area contributed by atoms with Crippen LogP contribution in [0.1, 0.15) is 28.8 Å². The number of hydrogen-bond donors (Lipinski definition) is 0. The summed E-state index contributed by atoms with van der Waals surface area (Å²) < 4.78 is 0. The Morgan fingerprint density at radius 1 is 1.24 bits per heavy atom. The Kier molecular flexibility index (Phi) is 5.35. The molecule has 25 heavy (non-hydrogen) atoms. The van der Waals surface area contributed by atoms with Gasteiger partial charge in [-0.1, -0.05) is 30.3 Å². The van der Waals surface area contributed by atoms with Gasteiger partial charge in [0.05, 0.1) is 12.5 Å². The number of rotatable bonds is 4. The van der Waals surface area contributed by atoms with Crippen LogP contribution >= 0.6 is 0 Å². The molecular weight excluding hydrogens is 310 g/mol. The molecule has 0 N–H and O–H groups in total. The Labute approximate surface area is 149 Å². The predicted octanol–water partition coefficient (Wildman–Crippen LogP) is 3.49. The minimum atomic E-state index is 0.0275. The second kappa shape index (κ2) is 7.85. The summed E-state index contributed by atoms with van der Waals surface area (Å²) >= 11 is 0. The van der Waals surface area contributed by atoms with E-state index >= 15 is 0 Å². The van der Waals surface area contributed by atoms with Crippen LogP contribution in [0.15, 0.2) is 54.6 Å². The molecule has 1 aliphatic heterocycles. The van der Waals surface area contributed by atoms with Crippen LogP contribution in [0.3, 0.4) is 0 Å². The first-order chi connectivity index (χ1) is 12.2. The SMILES string of the molecule is CN(C(=O)c1cccc(CC#N)c1)[C@@H]1CCCN(c2ccccc2)C1. The summed E-state index contributed by atoms with van der Waals surface area (Å²) in [4.78, 5) is 17.1. The maximum absolute atomic E-state index is 12.9. The Morgan fingerprint density at radius 3 is 2.80 bits per heavy atom. The molecule has 4 nitrogen and oxygen atoms in total. The lowest BCUT2D eigenvalue weighted by Gasteiger charge is -2.39.